The molecular weight excluding hydrogens is 347 g/mol. The lowest BCUT2D eigenvalue weighted by atomic mass is 9.75. The van der Waals surface area contributed by atoms with Crippen LogP contribution in [-0.2, 0) is 0 Å². The molecule has 1 aromatic rings. The fourth-order valence-corrected chi connectivity index (χ4v) is 4.09. The van der Waals surface area contributed by atoms with Gasteiger partial charge in [-0.2, -0.15) is 0 Å². The molecule has 0 aromatic heterocycles. The van der Waals surface area contributed by atoms with Crippen molar-refractivity contribution in [2.75, 3.05) is 31.5 Å². The van der Waals surface area contributed by atoms with Crippen LogP contribution >= 0.6 is 0 Å². The number of carbonyl (C=O) groups is 2. The number of nitrogens with zero attached hydrogens (tertiary/aromatic N) is 1. The van der Waals surface area contributed by atoms with Gasteiger partial charge in [-0.25, -0.2) is 14.0 Å². The van der Waals surface area contributed by atoms with Gasteiger partial charge in [0.2, 0.25) is 0 Å². The van der Waals surface area contributed by atoms with Crippen LogP contribution in [0, 0.1) is 17.7 Å². The molecule has 148 valence electrons. The second kappa shape index (κ2) is 9.58. The predicted molar refractivity (Wildman–Crippen MR) is 103 cm³/mol. The van der Waals surface area contributed by atoms with Crippen LogP contribution in [0.15, 0.2) is 24.3 Å². The van der Waals surface area contributed by atoms with E-state index in [4.69, 9.17) is 0 Å². The minimum absolute atomic E-state index is 0.00906. The van der Waals surface area contributed by atoms with Crippen LogP contribution in [0.25, 0.3) is 0 Å². The third-order valence-electron chi connectivity index (χ3n) is 5.60. The fourth-order valence-electron chi connectivity index (χ4n) is 4.09. The van der Waals surface area contributed by atoms with Gasteiger partial charge in [0.05, 0.1) is 0 Å². The standard InChI is InChI=1S/C20H29FN4O2/c21-17-6-8-18(9-7-17)24-19(26)22-11-3-12-23-20(27)25-13-10-15-4-1-2-5-16(15)14-25/h6-9,15-16H,1-5,10-14H2,(H,23,27)(H2,22,24,26). The molecule has 27 heavy (non-hydrogen) atoms. The van der Waals surface area contributed by atoms with Crippen molar-refractivity contribution in [2.24, 2.45) is 11.8 Å². The number of carbonyl (C=O) groups excluding carboxylic acids is 2. The lowest BCUT2D eigenvalue weighted by Crippen LogP contribution is -2.49. The molecule has 7 heteroatoms. The summed E-state index contributed by atoms with van der Waals surface area (Å²) in [5.41, 5.74) is 0.535. The highest BCUT2D eigenvalue weighted by Crippen LogP contribution is 2.35. The molecule has 1 aromatic carbocycles. The van der Waals surface area contributed by atoms with Crippen LogP contribution in [0.4, 0.5) is 19.7 Å². The Morgan fingerprint density at radius 3 is 2.48 bits per heavy atom. The topological polar surface area (TPSA) is 73.5 Å². The maximum absolute atomic E-state index is 12.8. The first kappa shape index (κ1) is 19.5. The van der Waals surface area contributed by atoms with Crippen LogP contribution in [0.2, 0.25) is 0 Å². The quantitative estimate of drug-likeness (QED) is 0.688. The largest absolute Gasteiger partial charge is 0.338 e. The first-order valence-corrected chi connectivity index (χ1v) is 9.95. The third-order valence-corrected chi connectivity index (χ3v) is 5.60. The minimum atomic E-state index is -0.343. The zero-order chi connectivity index (χ0) is 19.1. The Hall–Kier alpha value is -2.31. The molecule has 2 atom stereocenters. The highest BCUT2D eigenvalue weighted by atomic mass is 19.1. The van der Waals surface area contributed by atoms with E-state index in [1.165, 1.54) is 49.9 Å². The van der Waals surface area contributed by atoms with Gasteiger partial charge in [-0.15, -0.1) is 0 Å². The van der Waals surface area contributed by atoms with Gasteiger partial charge in [0, 0.05) is 31.9 Å². The Balaban J connectivity index is 1.28. The second-order valence-electron chi connectivity index (χ2n) is 7.51. The fraction of sp³-hybridized carbons (Fsp3) is 0.600. The van der Waals surface area contributed by atoms with E-state index in [1.54, 1.807) is 0 Å². The highest BCUT2D eigenvalue weighted by Gasteiger charge is 2.32. The average molecular weight is 376 g/mol. The van der Waals surface area contributed by atoms with Crippen LogP contribution in [0.3, 0.4) is 0 Å². The van der Waals surface area contributed by atoms with Gasteiger partial charge in [-0.05, 0) is 55.4 Å². The van der Waals surface area contributed by atoms with Gasteiger partial charge < -0.3 is 20.9 Å². The molecule has 1 aliphatic carbocycles. The Bertz CT molecular complexity index is 637. The number of rotatable bonds is 5. The Morgan fingerprint density at radius 2 is 1.70 bits per heavy atom. The summed E-state index contributed by atoms with van der Waals surface area (Å²) < 4.78 is 12.8. The number of nitrogens with one attached hydrogen (secondary N) is 3. The van der Waals surface area contributed by atoms with E-state index >= 15 is 0 Å². The highest BCUT2D eigenvalue weighted by molar-refractivity contribution is 5.89. The number of urea groups is 2. The number of halogens is 1. The van der Waals surface area contributed by atoms with Gasteiger partial charge >= 0.3 is 12.1 Å². The van der Waals surface area contributed by atoms with Gasteiger partial charge in [0.25, 0.3) is 0 Å². The van der Waals surface area contributed by atoms with Crippen LogP contribution in [-0.4, -0.2) is 43.1 Å². The summed E-state index contributed by atoms with van der Waals surface area (Å²) in [6, 6.07) is 5.26. The van der Waals surface area contributed by atoms with Gasteiger partial charge in [-0.3, -0.25) is 0 Å². The molecule has 2 fully saturated rings. The molecule has 1 aliphatic heterocycles. The molecule has 3 rings (SSSR count). The average Bonchev–Trinajstić information content (AvgIpc) is 2.69. The lowest BCUT2D eigenvalue weighted by molar-refractivity contribution is 0.102. The molecule has 1 heterocycles. The molecule has 3 N–H and O–H groups in total. The van der Waals surface area contributed by atoms with Crippen molar-refractivity contribution in [1.82, 2.24) is 15.5 Å². The zero-order valence-corrected chi connectivity index (χ0v) is 15.7. The number of hydrogen-bond acceptors (Lipinski definition) is 2. The van der Waals surface area contributed by atoms with Crippen molar-refractivity contribution in [3.05, 3.63) is 30.1 Å². The van der Waals surface area contributed by atoms with Crippen molar-refractivity contribution in [2.45, 2.75) is 38.5 Å². The normalized spacial score (nSPS) is 21.9. The zero-order valence-electron chi connectivity index (χ0n) is 15.7. The number of fused-ring (bicyclic) bond motifs is 1. The van der Waals surface area contributed by atoms with Crippen LogP contribution in [0.1, 0.15) is 38.5 Å². The lowest BCUT2D eigenvalue weighted by Gasteiger charge is -2.41. The molecule has 1 saturated carbocycles. The number of hydrogen-bond donors (Lipinski definition) is 3. The number of likely N-dealkylation sites (tertiary alicyclic amines) is 1. The van der Waals surface area contributed by atoms with Gasteiger partial charge in [0.1, 0.15) is 5.82 Å². The Kier molecular flexibility index (Phi) is 6.90. The Morgan fingerprint density at radius 1 is 1.00 bits per heavy atom. The van der Waals surface area contributed by atoms with E-state index in [1.807, 2.05) is 4.90 Å². The summed E-state index contributed by atoms with van der Waals surface area (Å²) in [6.45, 7) is 2.72. The first-order chi connectivity index (χ1) is 13.1. The summed E-state index contributed by atoms with van der Waals surface area (Å²) in [5, 5.41) is 8.31. The number of anilines is 1. The molecule has 2 unspecified atom stereocenters. The maximum atomic E-state index is 12.8. The van der Waals surface area contributed by atoms with E-state index in [9.17, 15) is 14.0 Å². The summed E-state index contributed by atoms with van der Waals surface area (Å²) in [4.78, 5) is 26.0. The van der Waals surface area contributed by atoms with E-state index in [-0.39, 0.29) is 17.9 Å². The van der Waals surface area contributed by atoms with Crippen molar-refractivity contribution in [1.29, 1.82) is 0 Å². The van der Waals surface area contributed by atoms with E-state index < -0.39 is 0 Å². The van der Waals surface area contributed by atoms with Gasteiger partial charge in [0.15, 0.2) is 0 Å². The van der Waals surface area contributed by atoms with E-state index in [0.717, 1.165) is 25.4 Å². The summed E-state index contributed by atoms with van der Waals surface area (Å²) in [5.74, 6) is 1.14. The molecule has 0 radical (unpaired) electrons. The van der Waals surface area contributed by atoms with Crippen LogP contribution in [0.5, 0.6) is 0 Å². The minimum Gasteiger partial charge on any atom is -0.338 e. The molecule has 0 spiro atoms. The van der Waals surface area contributed by atoms with E-state index in [0.29, 0.717) is 31.1 Å². The third kappa shape index (κ3) is 5.84. The molecular formula is C20H29FN4O2. The number of piperidine rings is 1. The number of amides is 4. The smallest absolute Gasteiger partial charge is 0.319 e. The number of benzene rings is 1. The maximum Gasteiger partial charge on any atom is 0.319 e. The molecule has 6 nitrogen and oxygen atoms in total. The SMILES string of the molecule is O=C(NCCCNC(=O)N1CCC2CCCCC2C1)Nc1ccc(F)cc1. The van der Waals surface area contributed by atoms with Crippen molar-refractivity contribution in [3.63, 3.8) is 0 Å². The molecule has 1 saturated heterocycles. The summed E-state index contributed by atoms with van der Waals surface area (Å²) in [6.07, 6.45) is 7.00. The van der Waals surface area contributed by atoms with E-state index in [2.05, 4.69) is 16.0 Å². The summed E-state index contributed by atoms with van der Waals surface area (Å²) in [7, 11) is 0. The summed E-state index contributed by atoms with van der Waals surface area (Å²) >= 11 is 0. The first-order valence-electron chi connectivity index (χ1n) is 9.95. The van der Waals surface area contributed by atoms with Crippen molar-refractivity contribution in [3.8, 4) is 0 Å². The molecule has 0 bridgehead atoms. The van der Waals surface area contributed by atoms with Crippen molar-refractivity contribution >= 4 is 17.7 Å². The molecule has 2 aliphatic rings. The molecule has 4 amide bonds. The second-order valence-corrected chi connectivity index (χ2v) is 7.51. The van der Waals surface area contributed by atoms with Gasteiger partial charge in [-0.1, -0.05) is 19.3 Å². The van der Waals surface area contributed by atoms with Crippen molar-refractivity contribution < 1.29 is 14.0 Å². The monoisotopic (exact) mass is 376 g/mol. The Labute approximate surface area is 159 Å². The van der Waals surface area contributed by atoms with Crippen LogP contribution < -0.4 is 16.0 Å². The predicted octanol–water partition coefficient (Wildman–Crippen LogP) is 3.56.